The highest BCUT2D eigenvalue weighted by Crippen LogP contribution is 2.32. The van der Waals surface area contributed by atoms with Crippen molar-refractivity contribution in [2.24, 2.45) is 0 Å². The molecule has 1 fully saturated rings. The van der Waals surface area contributed by atoms with Crippen molar-refractivity contribution in [1.82, 2.24) is 25.1 Å². The van der Waals surface area contributed by atoms with E-state index < -0.39 is 6.17 Å². The van der Waals surface area contributed by atoms with E-state index in [-0.39, 0.29) is 6.04 Å². The predicted molar refractivity (Wildman–Crippen MR) is 109 cm³/mol. The van der Waals surface area contributed by atoms with Crippen LogP contribution in [0, 0.1) is 0 Å². The first kappa shape index (κ1) is 17.8. The molecule has 0 amide bonds. The van der Waals surface area contributed by atoms with Crippen LogP contribution in [0.15, 0.2) is 67.1 Å². The molecule has 0 bridgehead atoms. The highest BCUT2D eigenvalue weighted by Gasteiger charge is 2.29. The largest absolute Gasteiger partial charge is 0.457 e. The standard InChI is InChI=1S/C22H20FN5O/c23-19-13-24-11-10-20(19)28-22-18(12-25-14-26-22)21(27-28)15-6-8-17(9-7-15)29-16-4-2-1-3-5-16/h1-9,12,14,19-20,24H,10-11,13H2/t19-,20-/m1/s1. The number of alkyl halides is 1. The number of hydrogen-bond donors (Lipinski definition) is 1. The van der Waals surface area contributed by atoms with Gasteiger partial charge in [0.05, 0.1) is 11.4 Å². The molecule has 1 aliphatic heterocycles. The van der Waals surface area contributed by atoms with Gasteiger partial charge in [-0.1, -0.05) is 18.2 Å². The molecule has 2 aromatic carbocycles. The zero-order valence-corrected chi connectivity index (χ0v) is 15.7. The number of nitrogens with one attached hydrogen (secondary N) is 1. The zero-order chi connectivity index (χ0) is 19.6. The van der Waals surface area contributed by atoms with Gasteiger partial charge < -0.3 is 10.1 Å². The molecule has 1 aliphatic rings. The SMILES string of the molecule is F[C@@H]1CNCC[C@H]1n1nc(-c2ccc(Oc3ccccc3)cc2)c2cncnc21. The van der Waals surface area contributed by atoms with E-state index in [0.717, 1.165) is 34.7 Å². The Morgan fingerprint density at radius 1 is 1.03 bits per heavy atom. The van der Waals surface area contributed by atoms with Gasteiger partial charge in [-0.15, -0.1) is 0 Å². The number of nitrogens with zero attached hydrogens (tertiary/aromatic N) is 4. The third kappa shape index (κ3) is 3.45. The molecule has 5 rings (SSSR count). The van der Waals surface area contributed by atoms with Crippen LogP contribution in [0.1, 0.15) is 12.5 Å². The van der Waals surface area contributed by atoms with Crippen molar-refractivity contribution >= 4 is 11.0 Å². The molecule has 1 N–H and O–H groups in total. The second kappa shape index (κ2) is 7.60. The normalized spacial score (nSPS) is 19.3. The van der Waals surface area contributed by atoms with E-state index in [9.17, 15) is 4.39 Å². The molecule has 0 radical (unpaired) electrons. The molecule has 0 saturated carbocycles. The molecule has 2 aromatic heterocycles. The van der Waals surface area contributed by atoms with E-state index in [1.54, 1.807) is 10.9 Å². The molecule has 0 aliphatic carbocycles. The van der Waals surface area contributed by atoms with Crippen LogP contribution >= 0.6 is 0 Å². The van der Waals surface area contributed by atoms with Gasteiger partial charge >= 0.3 is 0 Å². The lowest BCUT2D eigenvalue weighted by atomic mass is 10.1. The number of piperidine rings is 1. The monoisotopic (exact) mass is 389 g/mol. The van der Waals surface area contributed by atoms with E-state index in [1.807, 2.05) is 54.6 Å². The third-order valence-corrected chi connectivity index (χ3v) is 5.17. The Labute approximate surface area is 167 Å². The van der Waals surface area contributed by atoms with Gasteiger partial charge in [0, 0.05) is 18.3 Å². The number of para-hydroxylation sites is 1. The summed E-state index contributed by atoms with van der Waals surface area (Å²) in [6.45, 7) is 1.09. The maximum absolute atomic E-state index is 14.6. The average Bonchev–Trinajstić information content (AvgIpc) is 3.15. The Morgan fingerprint density at radius 3 is 2.62 bits per heavy atom. The van der Waals surface area contributed by atoms with Crippen molar-refractivity contribution in [1.29, 1.82) is 0 Å². The summed E-state index contributed by atoms with van der Waals surface area (Å²) in [5.41, 5.74) is 2.32. The van der Waals surface area contributed by atoms with Crippen LogP contribution < -0.4 is 10.1 Å². The quantitative estimate of drug-likeness (QED) is 0.568. The number of rotatable bonds is 4. The Bertz CT molecular complexity index is 1110. The molecular weight excluding hydrogens is 369 g/mol. The Kier molecular flexibility index (Phi) is 4.65. The summed E-state index contributed by atoms with van der Waals surface area (Å²) in [6, 6.07) is 17.0. The number of halogens is 1. The van der Waals surface area contributed by atoms with Gasteiger partial charge in [0.1, 0.15) is 29.7 Å². The molecule has 146 valence electrons. The highest BCUT2D eigenvalue weighted by atomic mass is 19.1. The molecule has 3 heterocycles. The van der Waals surface area contributed by atoms with Crippen LogP contribution in [0.4, 0.5) is 4.39 Å². The van der Waals surface area contributed by atoms with Crippen LogP contribution in [0.5, 0.6) is 11.5 Å². The molecule has 1 saturated heterocycles. The fraction of sp³-hybridized carbons (Fsp3) is 0.227. The summed E-state index contributed by atoms with van der Waals surface area (Å²) in [4.78, 5) is 8.54. The Balaban J connectivity index is 1.50. The summed E-state index contributed by atoms with van der Waals surface area (Å²) in [5, 5.41) is 8.65. The van der Waals surface area contributed by atoms with Gasteiger partial charge in [0.2, 0.25) is 0 Å². The number of hydrogen-bond acceptors (Lipinski definition) is 5. The van der Waals surface area contributed by atoms with Crippen LogP contribution in [0.2, 0.25) is 0 Å². The van der Waals surface area contributed by atoms with Gasteiger partial charge in [-0.25, -0.2) is 19.0 Å². The van der Waals surface area contributed by atoms with Gasteiger partial charge in [0.15, 0.2) is 5.65 Å². The first-order valence-electron chi connectivity index (χ1n) is 9.66. The third-order valence-electron chi connectivity index (χ3n) is 5.17. The van der Waals surface area contributed by atoms with Crippen molar-refractivity contribution in [3.8, 4) is 22.8 Å². The van der Waals surface area contributed by atoms with E-state index in [0.29, 0.717) is 18.6 Å². The van der Waals surface area contributed by atoms with Crippen molar-refractivity contribution in [2.45, 2.75) is 18.6 Å². The summed E-state index contributed by atoms with van der Waals surface area (Å²) < 4.78 is 22.1. The van der Waals surface area contributed by atoms with Gasteiger partial charge in [-0.05, 0) is 49.4 Å². The van der Waals surface area contributed by atoms with Crippen LogP contribution in [0.3, 0.4) is 0 Å². The number of ether oxygens (including phenoxy) is 1. The highest BCUT2D eigenvalue weighted by molar-refractivity contribution is 5.90. The maximum Gasteiger partial charge on any atom is 0.162 e. The summed E-state index contributed by atoms with van der Waals surface area (Å²) in [6.07, 6.45) is 2.89. The number of aromatic nitrogens is 4. The van der Waals surface area contributed by atoms with Crippen molar-refractivity contribution < 1.29 is 9.13 Å². The molecule has 4 aromatic rings. The fourth-order valence-electron chi connectivity index (χ4n) is 3.71. The van der Waals surface area contributed by atoms with Gasteiger partial charge in [0.25, 0.3) is 0 Å². The van der Waals surface area contributed by atoms with Crippen LogP contribution in [-0.4, -0.2) is 39.0 Å². The smallest absolute Gasteiger partial charge is 0.162 e. The van der Waals surface area contributed by atoms with Crippen molar-refractivity contribution in [2.75, 3.05) is 13.1 Å². The Morgan fingerprint density at radius 2 is 1.83 bits per heavy atom. The Hall–Kier alpha value is -3.32. The minimum absolute atomic E-state index is 0.330. The van der Waals surface area contributed by atoms with E-state index in [1.165, 1.54) is 6.33 Å². The molecule has 29 heavy (non-hydrogen) atoms. The number of benzene rings is 2. The van der Waals surface area contributed by atoms with Gasteiger partial charge in [-0.2, -0.15) is 5.10 Å². The van der Waals surface area contributed by atoms with Crippen molar-refractivity contribution in [3.05, 3.63) is 67.1 Å². The minimum atomic E-state index is -1.00. The summed E-state index contributed by atoms with van der Waals surface area (Å²) in [5.74, 6) is 1.52. The van der Waals surface area contributed by atoms with Crippen LogP contribution in [0.25, 0.3) is 22.3 Å². The van der Waals surface area contributed by atoms with Gasteiger partial charge in [-0.3, -0.25) is 0 Å². The maximum atomic E-state index is 14.6. The average molecular weight is 389 g/mol. The second-order valence-electron chi connectivity index (χ2n) is 7.07. The number of fused-ring (bicyclic) bond motifs is 1. The first-order chi connectivity index (χ1) is 14.3. The van der Waals surface area contributed by atoms with Crippen molar-refractivity contribution in [3.63, 3.8) is 0 Å². The minimum Gasteiger partial charge on any atom is -0.457 e. The molecular formula is C22H20FN5O. The van der Waals surface area contributed by atoms with E-state index in [4.69, 9.17) is 9.84 Å². The molecule has 7 heteroatoms. The molecule has 0 unspecified atom stereocenters. The molecule has 0 spiro atoms. The fourth-order valence-corrected chi connectivity index (χ4v) is 3.71. The lowest BCUT2D eigenvalue weighted by Gasteiger charge is -2.27. The lowest BCUT2D eigenvalue weighted by molar-refractivity contribution is 0.176. The van der Waals surface area contributed by atoms with E-state index in [2.05, 4.69) is 15.3 Å². The molecule has 6 nitrogen and oxygen atoms in total. The van der Waals surface area contributed by atoms with E-state index >= 15 is 0 Å². The molecule has 2 atom stereocenters. The predicted octanol–water partition coefficient (Wildman–Crippen LogP) is 4.16. The lowest BCUT2D eigenvalue weighted by Crippen LogP contribution is -2.39. The van der Waals surface area contributed by atoms with Crippen LogP contribution in [-0.2, 0) is 0 Å². The summed E-state index contributed by atoms with van der Waals surface area (Å²) >= 11 is 0. The topological polar surface area (TPSA) is 64.9 Å². The first-order valence-corrected chi connectivity index (χ1v) is 9.66. The zero-order valence-electron chi connectivity index (χ0n) is 15.7. The second-order valence-corrected chi connectivity index (χ2v) is 7.07. The summed E-state index contributed by atoms with van der Waals surface area (Å²) in [7, 11) is 0.